The molecular weight excluding hydrogens is 302 g/mol. The maximum Gasteiger partial charge on any atom is 0.224 e. The van der Waals surface area contributed by atoms with Gasteiger partial charge in [0.1, 0.15) is 0 Å². The number of carbonyl (C=O) groups excluding carboxylic acids is 2. The Morgan fingerprint density at radius 3 is 2.54 bits per heavy atom. The molecule has 0 aromatic heterocycles. The molecule has 5 nitrogen and oxygen atoms in total. The maximum atomic E-state index is 12.3. The Morgan fingerprint density at radius 2 is 1.88 bits per heavy atom. The van der Waals surface area contributed by atoms with Crippen molar-refractivity contribution < 1.29 is 9.59 Å². The SMILES string of the molecule is O=C(Cc1ccccc1)NCCC(=O)N1CCC2(CCNC2)CC1. The molecule has 2 aliphatic heterocycles. The van der Waals surface area contributed by atoms with Gasteiger partial charge in [-0.25, -0.2) is 0 Å². The number of nitrogens with one attached hydrogen (secondary N) is 2. The number of nitrogens with zero attached hydrogens (tertiary/aromatic N) is 1. The van der Waals surface area contributed by atoms with Gasteiger partial charge < -0.3 is 15.5 Å². The molecule has 1 spiro atoms. The van der Waals surface area contributed by atoms with E-state index in [2.05, 4.69) is 10.6 Å². The van der Waals surface area contributed by atoms with Crippen molar-refractivity contribution in [3.63, 3.8) is 0 Å². The first-order valence-electron chi connectivity index (χ1n) is 8.96. The lowest BCUT2D eigenvalue weighted by molar-refractivity contribution is -0.133. The Balaban J connectivity index is 1.35. The molecule has 1 aromatic carbocycles. The van der Waals surface area contributed by atoms with Crippen LogP contribution in [0.1, 0.15) is 31.2 Å². The molecule has 0 bridgehead atoms. The molecule has 3 rings (SSSR count). The highest BCUT2D eigenvalue weighted by Crippen LogP contribution is 2.36. The Hall–Kier alpha value is -1.88. The normalized spacial score (nSPS) is 19.4. The summed E-state index contributed by atoms with van der Waals surface area (Å²) in [7, 11) is 0. The first-order valence-corrected chi connectivity index (χ1v) is 8.96. The molecule has 2 fully saturated rings. The van der Waals surface area contributed by atoms with E-state index in [1.807, 2.05) is 35.2 Å². The summed E-state index contributed by atoms with van der Waals surface area (Å²) >= 11 is 0. The minimum atomic E-state index is -0.0244. The van der Waals surface area contributed by atoms with Gasteiger partial charge in [0.2, 0.25) is 11.8 Å². The summed E-state index contributed by atoms with van der Waals surface area (Å²) in [6.45, 7) is 4.36. The second-order valence-electron chi connectivity index (χ2n) is 7.07. The van der Waals surface area contributed by atoms with Gasteiger partial charge in [0.15, 0.2) is 0 Å². The highest BCUT2D eigenvalue weighted by Gasteiger charge is 2.37. The lowest BCUT2D eigenvalue weighted by Gasteiger charge is -2.39. The number of benzene rings is 1. The van der Waals surface area contributed by atoms with Crippen LogP contribution < -0.4 is 10.6 Å². The van der Waals surface area contributed by atoms with Crippen LogP contribution in [-0.4, -0.2) is 49.4 Å². The van der Waals surface area contributed by atoms with Crippen molar-refractivity contribution >= 4 is 11.8 Å². The molecule has 2 saturated heterocycles. The van der Waals surface area contributed by atoms with E-state index in [1.165, 1.54) is 6.42 Å². The first kappa shape index (κ1) is 17.0. The number of hydrogen-bond donors (Lipinski definition) is 2. The predicted molar refractivity (Wildman–Crippen MR) is 93.5 cm³/mol. The van der Waals surface area contributed by atoms with Gasteiger partial charge >= 0.3 is 0 Å². The van der Waals surface area contributed by atoms with Crippen molar-refractivity contribution in [3.8, 4) is 0 Å². The van der Waals surface area contributed by atoms with Crippen LogP contribution in [0.3, 0.4) is 0 Å². The van der Waals surface area contributed by atoms with Gasteiger partial charge in [-0.05, 0) is 36.8 Å². The average Bonchev–Trinajstić information content (AvgIpc) is 3.04. The fourth-order valence-electron chi connectivity index (χ4n) is 3.76. The number of rotatable bonds is 5. The van der Waals surface area contributed by atoms with Gasteiger partial charge in [0, 0.05) is 32.6 Å². The van der Waals surface area contributed by atoms with E-state index < -0.39 is 0 Å². The predicted octanol–water partition coefficient (Wildman–Crippen LogP) is 1.34. The zero-order valence-electron chi connectivity index (χ0n) is 14.2. The highest BCUT2D eigenvalue weighted by molar-refractivity contribution is 5.80. The first-order chi connectivity index (χ1) is 11.7. The van der Waals surface area contributed by atoms with Crippen molar-refractivity contribution in [2.75, 3.05) is 32.7 Å². The van der Waals surface area contributed by atoms with Crippen LogP contribution in [0.4, 0.5) is 0 Å². The monoisotopic (exact) mass is 329 g/mol. The topological polar surface area (TPSA) is 61.4 Å². The molecule has 0 radical (unpaired) electrons. The summed E-state index contributed by atoms with van der Waals surface area (Å²) in [5.41, 5.74) is 1.42. The fraction of sp³-hybridized carbons (Fsp3) is 0.579. The lowest BCUT2D eigenvalue weighted by atomic mass is 9.78. The van der Waals surface area contributed by atoms with Gasteiger partial charge in [-0.3, -0.25) is 9.59 Å². The summed E-state index contributed by atoms with van der Waals surface area (Å²) in [5.74, 6) is 0.138. The molecule has 0 atom stereocenters. The molecule has 2 aliphatic rings. The number of piperidine rings is 1. The summed E-state index contributed by atoms with van der Waals surface area (Å²) in [6.07, 6.45) is 4.21. The van der Waals surface area contributed by atoms with E-state index in [-0.39, 0.29) is 11.8 Å². The van der Waals surface area contributed by atoms with Gasteiger partial charge in [0.05, 0.1) is 6.42 Å². The Morgan fingerprint density at radius 1 is 1.12 bits per heavy atom. The number of carbonyl (C=O) groups is 2. The van der Waals surface area contributed by atoms with E-state index in [4.69, 9.17) is 0 Å². The molecule has 2 heterocycles. The van der Waals surface area contributed by atoms with Crippen molar-refractivity contribution in [2.24, 2.45) is 5.41 Å². The summed E-state index contributed by atoms with van der Waals surface area (Å²) in [5, 5.41) is 6.30. The lowest BCUT2D eigenvalue weighted by Crippen LogP contribution is -2.44. The molecule has 2 amide bonds. The van der Waals surface area contributed by atoms with Crippen LogP contribution in [0.5, 0.6) is 0 Å². The second kappa shape index (κ2) is 7.79. The van der Waals surface area contributed by atoms with Gasteiger partial charge in [0.25, 0.3) is 0 Å². The quantitative estimate of drug-likeness (QED) is 0.857. The van der Waals surface area contributed by atoms with Crippen molar-refractivity contribution in [3.05, 3.63) is 35.9 Å². The van der Waals surface area contributed by atoms with Gasteiger partial charge in [-0.2, -0.15) is 0 Å². The zero-order chi connectivity index (χ0) is 16.8. The molecule has 1 aromatic rings. The summed E-state index contributed by atoms with van der Waals surface area (Å²) in [6, 6.07) is 9.66. The van der Waals surface area contributed by atoms with Crippen LogP contribution in [0.2, 0.25) is 0 Å². The van der Waals surface area contributed by atoms with Crippen molar-refractivity contribution in [1.29, 1.82) is 0 Å². The molecule has 0 saturated carbocycles. The molecule has 130 valence electrons. The summed E-state index contributed by atoms with van der Waals surface area (Å²) < 4.78 is 0. The smallest absolute Gasteiger partial charge is 0.224 e. The standard InChI is InChI=1S/C19H27N3O2/c23-17(14-16-4-2-1-3-5-16)21-10-6-18(24)22-12-8-19(9-13-22)7-11-20-15-19/h1-5,20H,6-15H2,(H,21,23). The Kier molecular flexibility index (Phi) is 5.51. The average molecular weight is 329 g/mol. The van der Waals surface area contributed by atoms with Crippen LogP contribution in [0, 0.1) is 5.41 Å². The van der Waals surface area contributed by atoms with Crippen LogP contribution >= 0.6 is 0 Å². The highest BCUT2D eigenvalue weighted by atomic mass is 16.2. The zero-order valence-corrected chi connectivity index (χ0v) is 14.2. The van der Waals surface area contributed by atoms with Crippen molar-refractivity contribution in [2.45, 2.75) is 32.1 Å². The molecule has 5 heteroatoms. The number of hydrogen-bond acceptors (Lipinski definition) is 3. The van der Waals surface area contributed by atoms with Gasteiger partial charge in [-0.1, -0.05) is 30.3 Å². The van der Waals surface area contributed by atoms with E-state index >= 15 is 0 Å². The molecular formula is C19H27N3O2. The molecule has 2 N–H and O–H groups in total. The van der Waals surface area contributed by atoms with E-state index in [9.17, 15) is 9.59 Å². The van der Waals surface area contributed by atoms with E-state index in [0.29, 0.717) is 24.8 Å². The largest absolute Gasteiger partial charge is 0.355 e. The second-order valence-corrected chi connectivity index (χ2v) is 7.07. The molecule has 0 unspecified atom stereocenters. The Labute approximate surface area is 143 Å². The maximum absolute atomic E-state index is 12.3. The van der Waals surface area contributed by atoms with Crippen molar-refractivity contribution in [1.82, 2.24) is 15.5 Å². The molecule has 24 heavy (non-hydrogen) atoms. The summed E-state index contributed by atoms with van der Waals surface area (Å²) in [4.78, 5) is 26.2. The van der Waals surface area contributed by atoms with Crippen LogP contribution in [-0.2, 0) is 16.0 Å². The van der Waals surface area contributed by atoms with Crippen LogP contribution in [0.25, 0.3) is 0 Å². The molecule has 0 aliphatic carbocycles. The third kappa shape index (κ3) is 4.35. The van der Waals surface area contributed by atoms with E-state index in [0.717, 1.165) is 44.6 Å². The fourth-order valence-corrected chi connectivity index (χ4v) is 3.76. The minimum absolute atomic E-state index is 0.0244. The van der Waals surface area contributed by atoms with Crippen LogP contribution in [0.15, 0.2) is 30.3 Å². The third-order valence-electron chi connectivity index (χ3n) is 5.38. The minimum Gasteiger partial charge on any atom is -0.355 e. The Bertz CT molecular complexity index is 557. The third-order valence-corrected chi connectivity index (χ3v) is 5.38. The van der Waals surface area contributed by atoms with Gasteiger partial charge in [-0.15, -0.1) is 0 Å². The number of likely N-dealkylation sites (tertiary alicyclic amines) is 1. The van der Waals surface area contributed by atoms with E-state index in [1.54, 1.807) is 0 Å². The number of amides is 2.